The van der Waals surface area contributed by atoms with E-state index in [-0.39, 0.29) is 29.7 Å². The molecule has 1 aromatic carbocycles. The number of halogens is 1. The molecule has 0 aromatic heterocycles. The van der Waals surface area contributed by atoms with Crippen LogP contribution in [0.1, 0.15) is 24.8 Å². The van der Waals surface area contributed by atoms with Crippen LogP contribution < -0.4 is 5.32 Å². The number of hydrogen-bond donors (Lipinski definition) is 1. The maximum absolute atomic E-state index is 13.9. The van der Waals surface area contributed by atoms with Crippen molar-refractivity contribution in [2.24, 2.45) is 11.8 Å². The third-order valence-corrected chi connectivity index (χ3v) is 5.44. The molecule has 1 amide bonds. The normalized spacial score (nSPS) is 25.7. The Morgan fingerprint density at radius 2 is 2.04 bits per heavy atom. The number of methoxy groups -OCH3 is 1. The van der Waals surface area contributed by atoms with Gasteiger partial charge in [0.2, 0.25) is 5.91 Å². The predicted molar refractivity (Wildman–Crippen MR) is 91.2 cm³/mol. The first kappa shape index (κ1) is 17.4. The summed E-state index contributed by atoms with van der Waals surface area (Å²) in [5.41, 5.74) is 0.739. The fourth-order valence-electron chi connectivity index (χ4n) is 3.94. The van der Waals surface area contributed by atoms with Crippen LogP contribution >= 0.6 is 0 Å². The molecule has 3 rings (SSSR count). The molecule has 2 aliphatic rings. The molecule has 0 unspecified atom stereocenters. The number of ether oxygens (including phenoxy) is 1. The highest BCUT2D eigenvalue weighted by Gasteiger charge is 2.34. The summed E-state index contributed by atoms with van der Waals surface area (Å²) >= 11 is 0. The molecule has 0 aliphatic carbocycles. The van der Waals surface area contributed by atoms with Gasteiger partial charge < -0.3 is 15.0 Å². The summed E-state index contributed by atoms with van der Waals surface area (Å²) in [5.74, 6) is 0.513. The maximum Gasteiger partial charge on any atom is 0.225 e. The molecule has 1 N–H and O–H groups in total. The Morgan fingerprint density at radius 1 is 1.29 bits per heavy atom. The van der Waals surface area contributed by atoms with Crippen LogP contribution in [-0.2, 0) is 16.0 Å². The zero-order valence-corrected chi connectivity index (χ0v) is 14.3. The van der Waals surface area contributed by atoms with Gasteiger partial charge in [-0.3, -0.25) is 4.79 Å². The molecule has 24 heavy (non-hydrogen) atoms. The molecule has 2 heterocycles. The first-order valence-electron chi connectivity index (χ1n) is 8.94. The minimum Gasteiger partial charge on any atom is -0.379 e. The molecule has 2 atom stereocenters. The maximum atomic E-state index is 13.9. The van der Waals surface area contributed by atoms with Gasteiger partial charge >= 0.3 is 0 Å². The molecule has 1 aromatic rings. The van der Waals surface area contributed by atoms with Gasteiger partial charge in [-0.15, -0.1) is 0 Å². The summed E-state index contributed by atoms with van der Waals surface area (Å²) in [6.45, 7) is 3.22. The molecule has 0 saturated carbocycles. The number of piperidine rings is 2. The van der Waals surface area contributed by atoms with Crippen LogP contribution in [-0.4, -0.2) is 50.2 Å². The summed E-state index contributed by atoms with van der Waals surface area (Å²) in [6, 6.07) is 6.93. The van der Waals surface area contributed by atoms with Crippen LogP contribution in [0.4, 0.5) is 4.39 Å². The fourth-order valence-corrected chi connectivity index (χ4v) is 3.94. The molecular weight excluding hydrogens is 307 g/mol. The van der Waals surface area contributed by atoms with E-state index in [2.05, 4.69) is 5.32 Å². The van der Waals surface area contributed by atoms with Crippen molar-refractivity contribution in [3.63, 3.8) is 0 Å². The van der Waals surface area contributed by atoms with Crippen molar-refractivity contribution in [1.29, 1.82) is 0 Å². The molecular formula is C19H27FN2O2. The molecule has 2 saturated heterocycles. The lowest BCUT2D eigenvalue weighted by atomic mass is 9.86. The van der Waals surface area contributed by atoms with Crippen molar-refractivity contribution in [3.05, 3.63) is 35.6 Å². The second kappa shape index (κ2) is 8.08. The van der Waals surface area contributed by atoms with E-state index in [4.69, 9.17) is 4.74 Å². The average Bonchev–Trinajstić information content (AvgIpc) is 2.64. The van der Waals surface area contributed by atoms with Gasteiger partial charge in [0.15, 0.2) is 0 Å². The second-order valence-corrected chi connectivity index (χ2v) is 6.93. The summed E-state index contributed by atoms with van der Waals surface area (Å²) in [5, 5.41) is 3.30. The number of benzene rings is 1. The summed E-state index contributed by atoms with van der Waals surface area (Å²) in [7, 11) is 1.69. The van der Waals surface area contributed by atoms with Gasteiger partial charge in [-0.1, -0.05) is 18.2 Å². The van der Waals surface area contributed by atoms with E-state index >= 15 is 0 Å². The lowest BCUT2D eigenvalue weighted by Gasteiger charge is -2.40. The van der Waals surface area contributed by atoms with E-state index in [0.717, 1.165) is 44.5 Å². The van der Waals surface area contributed by atoms with Crippen molar-refractivity contribution >= 4 is 5.91 Å². The number of likely N-dealkylation sites (tertiary alicyclic amines) is 1. The highest BCUT2D eigenvalue weighted by atomic mass is 19.1. The standard InChI is InChI=1S/C19H27FN2O2/c1-24-18-13-22(19(23)14-6-9-21-10-7-14)11-8-16(18)12-15-4-2-3-5-17(15)20/h2-5,14,16,18,21H,6-13H2,1H3/t16-,18+/m1/s1. The smallest absolute Gasteiger partial charge is 0.225 e. The van der Waals surface area contributed by atoms with Crippen molar-refractivity contribution < 1.29 is 13.9 Å². The van der Waals surface area contributed by atoms with Gasteiger partial charge in [-0.2, -0.15) is 0 Å². The Morgan fingerprint density at radius 3 is 2.75 bits per heavy atom. The van der Waals surface area contributed by atoms with Gasteiger partial charge in [-0.05, 0) is 56.3 Å². The van der Waals surface area contributed by atoms with E-state index in [0.29, 0.717) is 13.0 Å². The number of hydrogen-bond acceptors (Lipinski definition) is 3. The van der Waals surface area contributed by atoms with Gasteiger partial charge in [0.1, 0.15) is 5.82 Å². The van der Waals surface area contributed by atoms with Crippen LogP contribution in [0.2, 0.25) is 0 Å². The van der Waals surface area contributed by atoms with Crippen LogP contribution in [0.3, 0.4) is 0 Å². The molecule has 4 nitrogen and oxygen atoms in total. The quantitative estimate of drug-likeness (QED) is 0.918. The monoisotopic (exact) mass is 334 g/mol. The van der Waals surface area contributed by atoms with E-state index in [9.17, 15) is 9.18 Å². The summed E-state index contributed by atoms with van der Waals surface area (Å²) < 4.78 is 19.6. The Balaban J connectivity index is 1.61. The van der Waals surface area contributed by atoms with E-state index < -0.39 is 0 Å². The molecule has 0 spiro atoms. The highest BCUT2D eigenvalue weighted by molar-refractivity contribution is 5.79. The lowest BCUT2D eigenvalue weighted by molar-refractivity contribution is -0.141. The molecule has 0 bridgehead atoms. The zero-order chi connectivity index (χ0) is 16.9. The third-order valence-electron chi connectivity index (χ3n) is 5.44. The number of carbonyl (C=O) groups is 1. The third kappa shape index (κ3) is 3.95. The van der Waals surface area contributed by atoms with Gasteiger partial charge in [0, 0.05) is 26.1 Å². The van der Waals surface area contributed by atoms with E-state index in [1.165, 1.54) is 6.07 Å². The number of nitrogens with zero attached hydrogens (tertiary/aromatic N) is 1. The second-order valence-electron chi connectivity index (χ2n) is 6.93. The Bertz CT molecular complexity index is 560. The first-order valence-corrected chi connectivity index (χ1v) is 8.94. The zero-order valence-electron chi connectivity index (χ0n) is 14.3. The van der Waals surface area contributed by atoms with Gasteiger partial charge in [-0.25, -0.2) is 4.39 Å². The minimum absolute atomic E-state index is 0.0241. The minimum atomic E-state index is -0.152. The SMILES string of the molecule is CO[C@H]1CN(C(=O)C2CCNCC2)CC[C@@H]1Cc1ccccc1F. The Kier molecular flexibility index (Phi) is 5.85. The number of rotatable bonds is 4. The highest BCUT2D eigenvalue weighted by Crippen LogP contribution is 2.27. The van der Waals surface area contributed by atoms with Crippen LogP contribution in [0, 0.1) is 17.7 Å². The topological polar surface area (TPSA) is 41.6 Å². The Labute approximate surface area is 143 Å². The van der Waals surface area contributed by atoms with Gasteiger partial charge in [0.05, 0.1) is 6.10 Å². The molecule has 132 valence electrons. The molecule has 2 fully saturated rings. The average molecular weight is 334 g/mol. The molecule has 2 aliphatic heterocycles. The summed E-state index contributed by atoms with van der Waals surface area (Å²) in [4.78, 5) is 14.7. The van der Waals surface area contributed by atoms with Crippen LogP contribution in [0.5, 0.6) is 0 Å². The first-order chi connectivity index (χ1) is 11.7. The van der Waals surface area contributed by atoms with E-state index in [1.54, 1.807) is 13.2 Å². The van der Waals surface area contributed by atoms with Crippen LogP contribution in [0.15, 0.2) is 24.3 Å². The predicted octanol–water partition coefficient (Wildman–Crippen LogP) is 2.23. The van der Waals surface area contributed by atoms with Crippen molar-refractivity contribution in [3.8, 4) is 0 Å². The Hall–Kier alpha value is -1.46. The van der Waals surface area contributed by atoms with Crippen LogP contribution in [0.25, 0.3) is 0 Å². The largest absolute Gasteiger partial charge is 0.379 e. The van der Waals surface area contributed by atoms with Crippen molar-refractivity contribution in [2.45, 2.75) is 31.8 Å². The van der Waals surface area contributed by atoms with E-state index in [1.807, 2.05) is 17.0 Å². The summed E-state index contributed by atoms with van der Waals surface area (Å²) in [6.07, 6.45) is 3.35. The molecule has 5 heteroatoms. The van der Waals surface area contributed by atoms with Crippen molar-refractivity contribution in [1.82, 2.24) is 10.2 Å². The lowest BCUT2D eigenvalue weighted by Crippen LogP contribution is -2.50. The number of nitrogens with one attached hydrogen (secondary N) is 1. The van der Waals surface area contributed by atoms with Gasteiger partial charge in [0.25, 0.3) is 0 Å². The van der Waals surface area contributed by atoms with Crippen molar-refractivity contribution in [2.75, 3.05) is 33.3 Å². The number of carbonyl (C=O) groups excluding carboxylic acids is 1. The fraction of sp³-hybridized carbons (Fsp3) is 0.632. The molecule has 0 radical (unpaired) electrons. The number of amides is 1.